The molecule has 0 rings (SSSR count). The summed E-state index contributed by atoms with van der Waals surface area (Å²) in [4.78, 5) is 22.6. The Kier molecular flexibility index (Phi) is 17.2. The van der Waals surface area contributed by atoms with Gasteiger partial charge in [-0.15, -0.1) is 0 Å². The van der Waals surface area contributed by atoms with Gasteiger partial charge in [0.05, 0.1) is 39.5 Å². The van der Waals surface area contributed by atoms with Gasteiger partial charge in [-0.05, 0) is 12.8 Å². The number of carbonyl (C=O) groups is 2. The van der Waals surface area contributed by atoms with E-state index in [1.807, 2.05) is 13.8 Å². The zero-order valence-electron chi connectivity index (χ0n) is 15.1. The molecule has 0 aliphatic heterocycles. The maximum Gasteiger partial charge on any atom is 0.233 e. The highest BCUT2D eigenvalue weighted by Crippen LogP contribution is 1.79. The van der Waals surface area contributed by atoms with Gasteiger partial charge in [0.2, 0.25) is 11.8 Å². The number of ether oxygens (including phenoxy) is 2. The average molecular weight is 346 g/mol. The summed E-state index contributed by atoms with van der Waals surface area (Å²) in [5.41, 5.74) is 0. The molecule has 24 heavy (non-hydrogen) atoms. The molecule has 0 aliphatic rings. The smallest absolute Gasteiger partial charge is 0.233 e. The van der Waals surface area contributed by atoms with Crippen LogP contribution in [0.25, 0.3) is 0 Å². The summed E-state index contributed by atoms with van der Waals surface area (Å²) < 4.78 is 10.8. The number of amides is 2. The fourth-order valence-corrected chi connectivity index (χ4v) is 1.67. The minimum Gasteiger partial charge on any atom is -0.378 e. The predicted molar refractivity (Wildman–Crippen MR) is 94.0 cm³/mol. The van der Waals surface area contributed by atoms with E-state index in [1.54, 1.807) is 0 Å². The topological polar surface area (TPSA) is 101 Å². The van der Waals surface area contributed by atoms with Crippen LogP contribution >= 0.6 is 0 Å². The molecule has 0 aromatic carbocycles. The van der Waals surface area contributed by atoms with Crippen LogP contribution in [-0.2, 0) is 19.1 Å². The monoisotopic (exact) mass is 346 g/mol. The van der Waals surface area contributed by atoms with Gasteiger partial charge in [-0.25, -0.2) is 0 Å². The molecule has 2 amide bonds. The first-order valence-electron chi connectivity index (χ1n) is 8.81. The van der Waals surface area contributed by atoms with Gasteiger partial charge in [-0.3, -0.25) is 9.59 Å². The fraction of sp³-hybridized carbons (Fsp3) is 0.875. The second-order valence-electron chi connectivity index (χ2n) is 5.28. The van der Waals surface area contributed by atoms with Crippen LogP contribution in [0.1, 0.15) is 26.7 Å². The van der Waals surface area contributed by atoms with Crippen LogP contribution in [0.4, 0.5) is 0 Å². The predicted octanol–water partition coefficient (Wildman–Crippen LogP) is -0.749. The van der Waals surface area contributed by atoms with Gasteiger partial charge in [0.25, 0.3) is 0 Å². The third-order valence-corrected chi connectivity index (χ3v) is 2.93. The Labute approximate surface area is 145 Å². The Morgan fingerprint density at radius 1 is 0.667 bits per heavy atom. The van der Waals surface area contributed by atoms with E-state index in [0.29, 0.717) is 65.7 Å². The third-order valence-electron chi connectivity index (χ3n) is 2.93. The molecule has 0 radical (unpaired) electrons. The number of hydrogen-bond donors (Lipinski definition) is 4. The molecule has 0 aromatic rings. The van der Waals surface area contributed by atoms with E-state index in [9.17, 15) is 9.59 Å². The molecular weight excluding hydrogens is 312 g/mol. The Morgan fingerprint density at radius 3 is 1.46 bits per heavy atom. The summed E-state index contributed by atoms with van der Waals surface area (Å²) in [5.74, 6) is 0.0205. The van der Waals surface area contributed by atoms with Crippen LogP contribution in [0.3, 0.4) is 0 Å². The lowest BCUT2D eigenvalue weighted by Gasteiger charge is -2.08. The van der Waals surface area contributed by atoms with Gasteiger partial charge in [0.1, 0.15) is 0 Å². The molecule has 0 aromatic heterocycles. The minimum absolute atomic E-state index is 0.0102. The van der Waals surface area contributed by atoms with Crippen molar-refractivity contribution in [1.29, 1.82) is 0 Å². The van der Waals surface area contributed by atoms with Crippen LogP contribution in [0.15, 0.2) is 0 Å². The number of carbonyl (C=O) groups excluding carboxylic acids is 2. The van der Waals surface area contributed by atoms with E-state index in [4.69, 9.17) is 9.47 Å². The summed E-state index contributed by atoms with van der Waals surface area (Å²) in [7, 11) is 0. The van der Waals surface area contributed by atoms with Gasteiger partial charge >= 0.3 is 0 Å². The molecule has 0 bridgehead atoms. The molecule has 0 heterocycles. The van der Waals surface area contributed by atoms with Gasteiger partial charge in [-0.1, -0.05) is 13.8 Å². The molecule has 142 valence electrons. The minimum atomic E-state index is 0.0102. The second-order valence-corrected chi connectivity index (χ2v) is 5.28. The molecule has 0 spiro atoms. The molecule has 0 unspecified atom stereocenters. The van der Waals surface area contributed by atoms with Gasteiger partial charge in [0.15, 0.2) is 0 Å². The van der Waals surface area contributed by atoms with Crippen molar-refractivity contribution in [2.45, 2.75) is 26.7 Å². The number of rotatable bonds is 17. The third kappa shape index (κ3) is 17.1. The van der Waals surface area contributed by atoms with Crippen molar-refractivity contribution < 1.29 is 19.1 Å². The zero-order chi connectivity index (χ0) is 17.9. The Bertz CT molecular complexity index is 286. The highest BCUT2D eigenvalue weighted by atomic mass is 16.5. The van der Waals surface area contributed by atoms with Gasteiger partial charge in [0, 0.05) is 26.2 Å². The summed E-state index contributed by atoms with van der Waals surface area (Å²) in [6, 6.07) is 0. The van der Waals surface area contributed by atoms with E-state index in [-0.39, 0.29) is 11.8 Å². The first-order chi connectivity index (χ1) is 11.7. The lowest BCUT2D eigenvalue weighted by Crippen LogP contribution is -2.35. The molecular formula is C16H34N4O4. The number of nitrogens with one attached hydrogen (secondary N) is 4. The average Bonchev–Trinajstić information content (AvgIpc) is 2.58. The van der Waals surface area contributed by atoms with Crippen LogP contribution in [0.5, 0.6) is 0 Å². The highest BCUT2D eigenvalue weighted by Gasteiger charge is 1.99. The van der Waals surface area contributed by atoms with E-state index >= 15 is 0 Å². The van der Waals surface area contributed by atoms with Crippen molar-refractivity contribution in [2.75, 3.05) is 65.7 Å². The molecule has 8 nitrogen and oxygen atoms in total. The maximum absolute atomic E-state index is 11.3. The van der Waals surface area contributed by atoms with Crippen LogP contribution in [0, 0.1) is 0 Å². The summed E-state index contributed by atoms with van der Waals surface area (Å²) in [5, 5.41) is 11.6. The second kappa shape index (κ2) is 18.1. The van der Waals surface area contributed by atoms with Crippen LogP contribution in [-0.4, -0.2) is 77.5 Å². The van der Waals surface area contributed by atoms with E-state index in [2.05, 4.69) is 21.3 Å². The SMILES string of the molecule is CCCNC(=O)CNCCOCCOCCNCC(=O)NCCC. The van der Waals surface area contributed by atoms with Crippen LogP contribution < -0.4 is 21.3 Å². The molecule has 4 N–H and O–H groups in total. The lowest BCUT2D eigenvalue weighted by molar-refractivity contribution is -0.121. The van der Waals surface area contributed by atoms with Crippen LogP contribution in [0.2, 0.25) is 0 Å². The highest BCUT2D eigenvalue weighted by molar-refractivity contribution is 5.78. The maximum atomic E-state index is 11.3. The molecule has 0 saturated carbocycles. The normalized spacial score (nSPS) is 10.6. The largest absolute Gasteiger partial charge is 0.378 e. The standard InChI is InChI=1S/C16H34N4O4/c1-3-5-19-15(21)13-17-7-9-23-11-12-24-10-8-18-14-16(22)20-6-4-2/h17-18H,3-14H2,1-2H3,(H,19,21)(H,20,22). The van der Waals surface area contributed by atoms with E-state index < -0.39 is 0 Å². The van der Waals surface area contributed by atoms with Crippen molar-refractivity contribution in [3.8, 4) is 0 Å². The quantitative estimate of drug-likeness (QED) is 0.259. The molecule has 8 heteroatoms. The molecule has 0 atom stereocenters. The summed E-state index contributed by atoms with van der Waals surface area (Å²) in [6.45, 7) is 9.48. The Hall–Kier alpha value is -1.22. The Morgan fingerprint density at radius 2 is 1.08 bits per heavy atom. The fourth-order valence-electron chi connectivity index (χ4n) is 1.67. The van der Waals surface area contributed by atoms with Crippen molar-refractivity contribution in [3.05, 3.63) is 0 Å². The van der Waals surface area contributed by atoms with E-state index in [1.165, 1.54) is 0 Å². The first kappa shape index (κ1) is 22.8. The van der Waals surface area contributed by atoms with Crippen molar-refractivity contribution in [3.63, 3.8) is 0 Å². The molecule has 0 saturated heterocycles. The first-order valence-corrected chi connectivity index (χ1v) is 8.81. The number of hydrogen-bond acceptors (Lipinski definition) is 6. The van der Waals surface area contributed by atoms with Crippen molar-refractivity contribution in [2.24, 2.45) is 0 Å². The van der Waals surface area contributed by atoms with E-state index in [0.717, 1.165) is 12.8 Å². The molecule has 0 aliphatic carbocycles. The van der Waals surface area contributed by atoms with Gasteiger partial charge in [-0.2, -0.15) is 0 Å². The molecule has 0 fully saturated rings. The lowest BCUT2D eigenvalue weighted by atomic mass is 10.4. The van der Waals surface area contributed by atoms with Crippen molar-refractivity contribution >= 4 is 11.8 Å². The summed E-state index contributed by atoms with van der Waals surface area (Å²) in [6.07, 6.45) is 1.88. The summed E-state index contributed by atoms with van der Waals surface area (Å²) >= 11 is 0. The van der Waals surface area contributed by atoms with Crippen molar-refractivity contribution in [1.82, 2.24) is 21.3 Å². The Balaban J connectivity index is 3.15. The zero-order valence-corrected chi connectivity index (χ0v) is 15.1. The van der Waals surface area contributed by atoms with Gasteiger partial charge < -0.3 is 30.7 Å².